The Morgan fingerprint density at radius 1 is 1.56 bits per heavy atom. The lowest BCUT2D eigenvalue weighted by molar-refractivity contribution is -0.124. The second-order valence-corrected chi connectivity index (χ2v) is 4.96. The maximum absolute atomic E-state index is 12.3. The molecule has 2 heterocycles. The molecule has 0 amide bonds. The van der Waals surface area contributed by atoms with E-state index >= 15 is 0 Å². The molecule has 0 spiro atoms. The van der Waals surface area contributed by atoms with Crippen LogP contribution in [0.1, 0.15) is 38.1 Å². The van der Waals surface area contributed by atoms with E-state index in [-0.39, 0.29) is 12.0 Å². The summed E-state index contributed by atoms with van der Waals surface area (Å²) in [5, 5.41) is 4.38. The Labute approximate surface area is 108 Å². The van der Waals surface area contributed by atoms with E-state index in [0.29, 0.717) is 12.2 Å². The van der Waals surface area contributed by atoms with Crippen LogP contribution in [0.3, 0.4) is 0 Å². The van der Waals surface area contributed by atoms with Gasteiger partial charge in [0.2, 0.25) is 0 Å². The molecule has 0 radical (unpaired) electrons. The van der Waals surface area contributed by atoms with Crippen molar-refractivity contribution in [1.29, 1.82) is 0 Å². The Bertz CT molecular complexity index is 425. The minimum atomic E-state index is 0.0787. The Morgan fingerprint density at radius 3 is 2.94 bits per heavy atom. The van der Waals surface area contributed by atoms with Gasteiger partial charge in [-0.25, -0.2) is 0 Å². The minimum absolute atomic E-state index is 0.0787. The van der Waals surface area contributed by atoms with Crippen molar-refractivity contribution in [3.8, 4) is 0 Å². The number of aromatic nitrogens is 2. The second-order valence-electron chi connectivity index (χ2n) is 4.96. The molecule has 0 aromatic carbocycles. The van der Waals surface area contributed by atoms with Gasteiger partial charge in [-0.1, -0.05) is 13.8 Å². The summed E-state index contributed by atoms with van der Waals surface area (Å²) in [6.45, 7) is 4.88. The van der Waals surface area contributed by atoms with Crippen LogP contribution < -0.4 is 0 Å². The Hall–Kier alpha value is -1.16. The van der Waals surface area contributed by atoms with Gasteiger partial charge in [0.1, 0.15) is 5.78 Å². The topological polar surface area (TPSA) is 44.1 Å². The highest BCUT2D eigenvalue weighted by molar-refractivity contribution is 5.83. The number of rotatable bonds is 5. The van der Waals surface area contributed by atoms with Crippen LogP contribution in [-0.4, -0.2) is 28.3 Å². The maximum Gasteiger partial charge on any atom is 0.144 e. The molecule has 1 aliphatic rings. The molecule has 4 heteroatoms. The first-order valence-corrected chi connectivity index (χ1v) is 6.81. The Kier molecular flexibility index (Phi) is 4.17. The number of aryl methyl sites for hydroxylation is 2. The van der Waals surface area contributed by atoms with Gasteiger partial charge in [0.25, 0.3) is 0 Å². The zero-order valence-corrected chi connectivity index (χ0v) is 11.5. The van der Waals surface area contributed by atoms with Gasteiger partial charge in [0.05, 0.1) is 11.8 Å². The summed E-state index contributed by atoms with van der Waals surface area (Å²) in [7, 11) is 1.91. The summed E-state index contributed by atoms with van der Waals surface area (Å²) < 4.78 is 7.41. The quantitative estimate of drug-likeness (QED) is 0.802. The van der Waals surface area contributed by atoms with Gasteiger partial charge in [-0.15, -0.1) is 0 Å². The lowest BCUT2D eigenvalue weighted by Gasteiger charge is -2.15. The van der Waals surface area contributed by atoms with Gasteiger partial charge in [0.15, 0.2) is 0 Å². The van der Waals surface area contributed by atoms with E-state index in [2.05, 4.69) is 18.9 Å². The number of nitrogens with zero attached hydrogens (tertiary/aromatic N) is 2. The van der Waals surface area contributed by atoms with Crippen molar-refractivity contribution in [3.63, 3.8) is 0 Å². The highest BCUT2D eigenvalue weighted by Gasteiger charge is 2.32. The predicted molar refractivity (Wildman–Crippen MR) is 69.4 cm³/mol. The molecule has 0 saturated carbocycles. The van der Waals surface area contributed by atoms with Gasteiger partial charge in [-0.3, -0.25) is 9.48 Å². The Morgan fingerprint density at radius 2 is 2.33 bits per heavy atom. The van der Waals surface area contributed by atoms with E-state index in [1.54, 1.807) is 0 Å². The van der Waals surface area contributed by atoms with E-state index in [1.807, 2.05) is 17.8 Å². The first-order chi connectivity index (χ1) is 8.65. The average molecular weight is 250 g/mol. The standard InChI is InChI=1S/C14H22N2O2/c1-4-10-8-11(16(3)15-10)9-13(17)12-6-7-18-14(12)5-2/h8,12,14H,4-7,9H2,1-3H3. The van der Waals surface area contributed by atoms with Crippen LogP contribution in [0.25, 0.3) is 0 Å². The molecule has 1 aromatic heterocycles. The van der Waals surface area contributed by atoms with Crippen molar-refractivity contribution in [3.05, 3.63) is 17.5 Å². The molecule has 1 fully saturated rings. The van der Waals surface area contributed by atoms with Gasteiger partial charge in [0, 0.05) is 31.7 Å². The van der Waals surface area contributed by atoms with Crippen molar-refractivity contribution >= 4 is 5.78 Å². The molecular formula is C14H22N2O2. The molecule has 2 unspecified atom stereocenters. The minimum Gasteiger partial charge on any atom is -0.377 e. The normalized spacial score (nSPS) is 23.5. The fourth-order valence-electron chi connectivity index (χ4n) is 2.64. The predicted octanol–water partition coefficient (Wildman–Crippen LogP) is 1.91. The smallest absolute Gasteiger partial charge is 0.144 e. The molecule has 1 saturated heterocycles. The highest BCUT2D eigenvalue weighted by Crippen LogP contribution is 2.25. The molecule has 4 nitrogen and oxygen atoms in total. The number of ketones is 1. The summed E-state index contributed by atoms with van der Waals surface area (Å²) in [6, 6.07) is 2.04. The van der Waals surface area contributed by atoms with Gasteiger partial charge >= 0.3 is 0 Å². The largest absolute Gasteiger partial charge is 0.377 e. The van der Waals surface area contributed by atoms with E-state index in [1.165, 1.54) is 0 Å². The highest BCUT2D eigenvalue weighted by atomic mass is 16.5. The van der Waals surface area contributed by atoms with Crippen LogP contribution in [0.15, 0.2) is 6.07 Å². The average Bonchev–Trinajstić information content (AvgIpc) is 2.96. The lowest BCUT2D eigenvalue weighted by Crippen LogP contribution is -2.25. The molecule has 1 aliphatic heterocycles. The SMILES string of the molecule is CCc1cc(CC(=O)C2CCOC2CC)n(C)n1. The van der Waals surface area contributed by atoms with Crippen molar-refractivity contribution in [2.45, 2.75) is 45.6 Å². The maximum atomic E-state index is 12.3. The number of hydrogen-bond donors (Lipinski definition) is 0. The van der Waals surface area contributed by atoms with Gasteiger partial charge in [-0.05, 0) is 25.3 Å². The fraction of sp³-hybridized carbons (Fsp3) is 0.714. The summed E-state index contributed by atoms with van der Waals surface area (Å²) in [5.74, 6) is 0.375. The lowest BCUT2D eigenvalue weighted by atomic mass is 9.92. The molecule has 1 aromatic rings. The zero-order chi connectivity index (χ0) is 13.1. The number of carbonyl (C=O) groups excluding carboxylic acids is 1. The van der Waals surface area contributed by atoms with Gasteiger partial charge in [-0.2, -0.15) is 5.10 Å². The first-order valence-electron chi connectivity index (χ1n) is 6.81. The molecule has 2 atom stereocenters. The summed E-state index contributed by atoms with van der Waals surface area (Å²) in [6.07, 6.45) is 3.30. The monoisotopic (exact) mass is 250 g/mol. The molecule has 18 heavy (non-hydrogen) atoms. The number of hydrogen-bond acceptors (Lipinski definition) is 3. The molecule has 100 valence electrons. The van der Waals surface area contributed by atoms with E-state index in [0.717, 1.165) is 37.3 Å². The number of Topliss-reactive ketones (excluding diaryl/α,β-unsaturated/α-hetero) is 1. The van der Waals surface area contributed by atoms with E-state index < -0.39 is 0 Å². The van der Waals surface area contributed by atoms with E-state index in [4.69, 9.17) is 4.74 Å². The van der Waals surface area contributed by atoms with Crippen LogP contribution in [0.4, 0.5) is 0 Å². The van der Waals surface area contributed by atoms with Crippen LogP contribution in [-0.2, 0) is 29.4 Å². The van der Waals surface area contributed by atoms with Crippen molar-refractivity contribution < 1.29 is 9.53 Å². The van der Waals surface area contributed by atoms with E-state index in [9.17, 15) is 4.79 Å². The molecule has 0 aliphatic carbocycles. The van der Waals surface area contributed by atoms with Crippen LogP contribution >= 0.6 is 0 Å². The third-order valence-electron chi connectivity index (χ3n) is 3.77. The fourth-order valence-corrected chi connectivity index (χ4v) is 2.64. The van der Waals surface area contributed by atoms with Crippen LogP contribution in [0.2, 0.25) is 0 Å². The third-order valence-corrected chi connectivity index (χ3v) is 3.77. The van der Waals surface area contributed by atoms with Gasteiger partial charge < -0.3 is 4.74 Å². The molecule has 0 bridgehead atoms. The van der Waals surface area contributed by atoms with Crippen molar-refractivity contribution in [2.75, 3.05) is 6.61 Å². The second kappa shape index (κ2) is 5.65. The van der Waals surface area contributed by atoms with Crippen molar-refractivity contribution in [1.82, 2.24) is 9.78 Å². The summed E-state index contributed by atoms with van der Waals surface area (Å²) in [4.78, 5) is 12.3. The molecule has 2 rings (SSSR count). The van der Waals surface area contributed by atoms with Crippen LogP contribution in [0, 0.1) is 5.92 Å². The Balaban J connectivity index is 2.04. The zero-order valence-electron chi connectivity index (χ0n) is 11.5. The first kappa shape index (κ1) is 13.3. The molecule has 0 N–H and O–H groups in total. The summed E-state index contributed by atoms with van der Waals surface area (Å²) in [5.41, 5.74) is 2.06. The number of carbonyl (C=O) groups is 1. The summed E-state index contributed by atoms with van der Waals surface area (Å²) >= 11 is 0. The third kappa shape index (κ3) is 2.64. The van der Waals surface area contributed by atoms with Crippen LogP contribution in [0.5, 0.6) is 0 Å². The number of ether oxygens (including phenoxy) is 1. The van der Waals surface area contributed by atoms with Crippen molar-refractivity contribution in [2.24, 2.45) is 13.0 Å². The molecular weight excluding hydrogens is 228 g/mol.